The fourth-order valence-corrected chi connectivity index (χ4v) is 3.17. The van der Waals surface area contributed by atoms with Gasteiger partial charge in [-0.15, -0.1) is 0 Å². The first kappa shape index (κ1) is 13.5. The lowest BCUT2D eigenvalue weighted by Gasteiger charge is -2.14. The molecule has 18 heavy (non-hydrogen) atoms. The first-order valence-corrected chi connectivity index (χ1v) is 7.17. The van der Waals surface area contributed by atoms with Gasteiger partial charge in [-0.3, -0.25) is 9.59 Å². The lowest BCUT2D eigenvalue weighted by Crippen LogP contribution is -2.20. The third-order valence-electron chi connectivity index (χ3n) is 3.57. The number of aliphatic carboxylic acids is 1. The minimum atomic E-state index is -0.757. The molecule has 1 aromatic carbocycles. The van der Waals surface area contributed by atoms with Crippen LogP contribution in [0.25, 0.3) is 0 Å². The number of carbonyl (C=O) groups excluding carboxylic acids is 1. The van der Waals surface area contributed by atoms with Gasteiger partial charge in [0.25, 0.3) is 0 Å². The summed E-state index contributed by atoms with van der Waals surface area (Å²) >= 11 is 2.17. The van der Waals surface area contributed by atoms with Crippen LogP contribution >= 0.6 is 22.6 Å². The van der Waals surface area contributed by atoms with Crippen LogP contribution in [0.2, 0.25) is 0 Å². The van der Waals surface area contributed by atoms with Gasteiger partial charge in [-0.05, 0) is 53.5 Å². The molecule has 1 aliphatic rings. The van der Waals surface area contributed by atoms with Gasteiger partial charge >= 0.3 is 5.97 Å². The van der Waals surface area contributed by atoms with Crippen molar-refractivity contribution < 1.29 is 14.7 Å². The van der Waals surface area contributed by atoms with Gasteiger partial charge in [0.2, 0.25) is 0 Å². The first-order valence-electron chi connectivity index (χ1n) is 6.09. The van der Waals surface area contributed by atoms with Gasteiger partial charge in [-0.1, -0.05) is 18.6 Å². The number of ketones is 1. The second-order valence-electron chi connectivity index (χ2n) is 4.77. The Hall–Kier alpha value is -0.910. The second kappa shape index (κ2) is 5.82. The molecule has 0 radical (unpaired) electrons. The number of hydrogen-bond acceptors (Lipinski definition) is 2. The Balaban J connectivity index is 2.05. The van der Waals surface area contributed by atoms with Crippen molar-refractivity contribution in [3.8, 4) is 0 Å². The Morgan fingerprint density at radius 1 is 1.33 bits per heavy atom. The summed E-state index contributed by atoms with van der Waals surface area (Å²) in [6.07, 6.45) is 2.84. The Morgan fingerprint density at radius 3 is 2.78 bits per heavy atom. The zero-order chi connectivity index (χ0) is 13.1. The molecule has 1 saturated carbocycles. The summed E-state index contributed by atoms with van der Waals surface area (Å²) in [6.45, 7) is 0. The van der Waals surface area contributed by atoms with Crippen molar-refractivity contribution in [2.45, 2.75) is 25.7 Å². The van der Waals surface area contributed by atoms with E-state index in [2.05, 4.69) is 22.6 Å². The van der Waals surface area contributed by atoms with Crippen LogP contribution in [0.4, 0.5) is 0 Å². The Kier molecular flexibility index (Phi) is 4.37. The van der Waals surface area contributed by atoms with Gasteiger partial charge in [0, 0.05) is 15.6 Å². The second-order valence-corrected chi connectivity index (χ2v) is 6.02. The highest BCUT2D eigenvalue weighted by Crippen LogP contribution is 2.35. The van der Waals surface area contributed by atoms with E-state index < -0.39 is 5.97 Å². The maximum absolute atomic E-state index is 12.1. The number of halogens is 1. The van der Waals surface area contributed by atoms with Crippen LogP contribution in [0.3, 0.4) is 0 Å². The van der Waals surface area contributed by atoms with Crippen LogP contribution in [0.15, 0.2) is 24.3 Å². The normalized spacial score (nSPS) is 22.9. The quantitative estimate of drug-likeness (QED) is 0.663. The van der Waals surface area contributed by atoms with E-state index in [9.17, 15) is 9.59 Å². The van der Waals surface area contributed by atoms with Crippen molar-refractivity contribution in [2.24, 2.45) is 11.8 Å². The summed E-state index contributed by atoms with van der Waals surface area (Å²) in [6, 6.07) is 7.45. The van der Waals surface area contributed by atoms with Gasteiger partial charge in [-0.2, -0.15) is 0 Å². The summed E-state index contributed by atoms with van der Waals surface area (Å²) in [5.74, 6) is -1.02. The number of carbonyl (C=O) groups is 2. The first-order chi connectivity index (χ1) is 8.58. The van der Waals surface area contributed by atoms with Gasteiger partial charge in [0.15, 0.2) is 5.78 Å². The molecular formula is C14H15IO3. The molecule has 1 fully saturated rings. The fourth-order valence-electron chi connectivity index (χ4n) is 2.62. The van der Waals surface area contributed by atoms with E-state index in [-0.39, 0.29) is 17.6 Å². The maximum Gasteiger partial charge on any atom is 0.306 e. The lowest BCUT2D eigenvalue weighted by molar-refractivity contribution is -0.142. The van der Waals surface area contributed by atoms with Crippen LogP contribution in [-0.4, -0.2) is 16.9 Å². The minimum absolute atomic E-state index is 0.00728. The van der Waals surface area contributed by atoms with Crippen molar-refractivity contribution in [1.29, 1.82) is 0 Å². The number of Topliss-reactive ketones (excluding diaryl/α,β-unsaturated/α-hetero) is 1. The third kappa shape index (κ3) is 3.10. The number of hydrogen-bond donors (Lipinski definition) is 1. The lowest BCUT2D eigenvalue weighted by atomic mass is 9.89. The van der Waals surface area contributed by atoms with Gasteiger partial charge < -0.3 is 5.11 Å². The molecule has 0 saturated heterocycles. The van der Waals surface area contributed by atoms with E-state index >= 15 is 0 Å². The van der Waals surface area contributed by atoms with Gasteiger partial charge in [-0.25, -0.2) is 0 Å². The van der Waals surface area contributed by atoms with E-state index in [1.54, 1.807) is 6.07 Å². The highest BCUT2D eigenvalue weighted by Gasteiger charge is 2.34. The molecular weight excluding hydrogens is 343 g/mol. The van der Waals surface area contributed by atoms with Crippen molar-refractivity contribution >= 4 is 34.3 Å². The largest absolute Gasteiger partial charge is 0.481 e. The summed E-state index contributed by atoms with van der Waals surface area (Å²) in [4.78, 5) is 23.2. The maximum atomic E-state index is 12.1. The molecule has 0 amide bonds. The fraction of sp³-hybridized carbons (Fsp3) is 0.429. The predicted octanol–water partition coefficient (Wildman–Crippen LogP) is 3.36. The van der Waals surface area contributed by atoms with Crippen LogP contribution in [0.5, 0.6) is 0 Å². The zero-order valence-corrected chi connectivity index (χ0v) is 12.1. The number of carboxylic acid groups (broad SMARTS) is 1. The molecule has 3 nitrogen and oxygen atoms in total. The van der Waals surface area contributed by atoms with Crippen molar-refractivity contribution in [2.75, 3.05) is 0 Å². The van der Waals surface area contributed by atoms with E-state index in [1.165, 1.54) is 0 Å². The molecule has 2 atom stereocenters. The van der Waals surface area contributed by atoms with Crippen LogP contribution in [0.1, 0.15) is 36.0 Å². The molecule has 0 aromatic heterocycles. The number of benzene rings is 1. The van der Waals surface area contributed by atoms with E-state index in [4.69, 9.17) is 5.11 Å². The Morgan fingerprint density at radius 2 is 2.11 bits per heavy atom. The highest BCUT2D eigenvalue weighted by atomic mass is 127. The van der Waals surface area contributed by atoms with E-state index in [1.807, 2.05) is 18.2 Å². The zero-order valence-electron chi connectivity index (χ0n) is 9.93. The SMILES string of the molecule is O=C(CC1CCCC1C(=O)O)c1cccc(I)c1. The molecule has 0 heterocycles. The predicted molar refractivity (Wildman–Crippen MR) is 76.6 cm³/mol. The van der Waals surface area contributed by atoms with Crippen molar-refractivity contribution in [1.82, 2.24) is 0 Å². The minimum Gasteiger partial charge on any atom is -0.481 e. The van der Waals surface area contributed by atoms with Gasteiger partial charge in [0.1, 0.15) is 0 Å². The molecule has 0 spiro atoms. The summed E-state index contributed by atoms with van der Waals surface area (Å²) in [5.41, 5.74) is 0.693. The molecule has 0 aliphatic heterocycles. The smallest absolute Gasteiger partial charge is 0.306 e. The average Bonchev–Trinajstić information content (AvgIpc) is 2.77. The molecule has 4 heteroatoms. The topological polar surface area (TPSA) is 54.4 Å². The molecule has 1 aliphatic carbocycles. The van der Waals surface area contributed by atoms with Crippen LogP contribution in [0, 0.1) is 15.4 Å². The summed E-state index contributed by atoms with van der Waals surface area (Å²) < 4.78 is 1.03. The van der Waals surface area contributed by atoms with Gasteiger partial charge in [0.05, 0.1) is 5.92 Å². The Labute approximate surface area is 120 Å². The van der Waals surface area contributed by atoms with Crippen molar-refractivity contribution in [3.63, 3.8) is 0 Å². The standard InChI is InChI=1S/C14H15IO3/c15-11-5-1-4-10(7-11)13(16)8-9-3-2-6-12(9)14(17)18/h1,4-5,7,9,12H,2-3,6,8H2,(H,17,18). The van der Waals surface area contributed by atoms with E-state index in [0.29, 0.717) is 18.4 Å². The molecule has 1 N–H and O–H groups in total. The number of carboxylic acids is 1. The van der Waals surface area contributed by atoms with Crippen LogP contribution < -0.4 is 0 Å². The number of rotatable bonds is 4. The summed E-state index contributed by atoms with van der Waals surface area (Å²) in [5, 5.41) is 9.10. The average molecular weight is 358 g/mol. The molecule has 1 aromatic rings. The highest BCUT2D eigenvalue weighted by molar-refractivity contribution is 14.1. The molecule has 96 valence electrons. The Bertz CT molecular complexity index is 470. The van der Waals surface area contributed by atoms with Crippen molar-refractivity contribution in [3.05, 3.63) is 33.4 Å². The molecule has 0 bridgehead atoms. The molecule has 2 rings (SSSR count). The molecule has 2 unspecified atom stereocenters. The third-order valence-corrected chi connectivity index (χ3v) is 4.24. The summed E-state index contributed by atoms with van der Waals surface area (Å²) in [7, 11) is 0. The van der Waals surface area contributed by atoms with Crippen LogP contribution in [-0.2, 0) is 4.79 Å². The monoisotopic (exact) mass is 358 g/mol. The van der Waals surface area contributed by atoms with E-state index in [0.717, 1.165) is 16.4 Å².